The van der Waals surface area contributed by atoms with Gasteiger partial charge in [-0.1, -0.05) is 19.9 Å². The molecule has 5 heteroatoms. The summed E-state index contributed by atoms with van der Waals surface area (Å²) in [6, 6.07) is 5.88. The Morgan fingerprint density at radius 3 is 2.67 bits per heavy atom. The number of aryl methyl sites for hydroxylation is 1. The average molecular weight is 248 g/mol. The summed E-state index contributed by atoms with van der Waals surface area (Å²) in [5, 5.41) is 18.6. The summed E-state index contributed by atoms with van der Waals surface area (Å²) in [5.41, 5.74) is 1.87. The van der Waals surface area contributed by atoms with Crippen LogP contribution in [0.15, 0.2) is 22.6 Å². The van der Waals surface area contributed by atoms with E-state index in [0.29, 0.717) is 23.0 Å². The van der Waals surface area contributed by atoms with Crippen LogP contribution in [0.2, 0.25) is 0 Å². The molecule has 96 valence electrons. The zero-order valence-electron chi connectivity index (χ0n) is 10.8. The van der Waals surface area contributed by atoms with Crippen molar-refractivity contribution in [2.24, 2.45) is 5.92 Å². The summed E-state index contributed by atoms with van der Waals surface area (Å²) in [7, 11) is -1.83. The third-order valence-electron chi connectivity index (χ3n) is 2.74. The molecular formula is C13H17BO4. The van der Waals surface area contributed by atoms with Crippen molar-refractivity contribution in [3.8, 4) is 5.75 Å². The average Bonchev–Trinajstić information content (AvgIpc) is 2.54. The van der Waals surface area contributed by atoms with E-state index in [4.69, 9.17) is 19.1 Å². The van der Waals surface area contributed by atoms with Crippen molar-refractivity contribution < 1.29 is 19.1 Å². The minimum absolute atomic E-state index is 0.394. The van der Waals surface area contributed by atoms with Gasteiger partial charge in [0.2, 0.25) is 0 Å². The van der Waals surface area contributed by atoms with E-state index in [2.05, 4.69) is 13.8 Å². The van der Waals surface area contributed by atoms with Crippen LogP contribution in [0.4, 0.5) is 0 Å². The first-order chi connectivity index (χ1) is 8.47. The molecule has 0 unspecified atom stereocenters. The maximum Gasteiger partial charge on any atom is 0.707 e. The molecule has 0 bridgehead atoms. The Kier molecular flexibility index (Phi) is 3.64. The lowest BCUT2D eigenvalue weighted by atomic mass is 10.0. The van der Waals surface area contributed by atoms with Crippen molar-refractivity contribution in [2.75, 3.05) is 0 Å². The van der Waals surface area contributed by atoms with Crippen LogP contribution in [0.3, 0.4) is 0 Å². The molecule has 1 aromatic carbocycles. The minimum Gasteiger partial charge on any atom is -0.509 e. The molecule has 0 atom stereocenters. The number of furan rings is 1. The second-order valence-electron chi connectivity index (χ2n) is 4.86. The van der Waals surface area contributed by atoms with Crippen LogP contribution in [0, 0.1) is 12.8 Å². The molecule has 2 aromatic rings. The third-order valence-corrected chi connectivity index (χ3v) is 2.74. The van der Waals surface area contributed by atoms with Crippen molar-refractivity contribution >= 4 is 18.3 Å². The van der Waals surface area contributed by atoms with Crippen LogP contribution in [-0.2, 0) is 6.42 Å². The molecule has 0 spiro atoms. The second kappa shape index (κ2) is 5.04. The summed E-state index contributed by atoms with van der Waals surface area (Å²) in [6.07, 6.45) is 0.960. The number of rotatable bonds is 4. The molecule has 0 aliphatic heterocycles. The lowest BCUT2D eigenvalue weighted by molar-refractivity contribution is 0.286. The van der Waals surface area contributed by atoms with Crippen LogP contribution in [0.1, 0.15) is 25.2 Å². The van der Waals surface area contributed by atoms with Crippen LogP contribution in [0.5, 0.6) is 5.75 Å². The second-order valence-corrected chi connectivity index (χ2v) is 4.86. The van der Waals surface area contributed by atoms with Gasteiger partial charge in [0.1, 0.15) is 11.3 Å². The molecule has 0 saturated carbocycles. The number of hydrogen-bond donors (Lipinski definition) is 2. The van der Waals surface area contributed by atoms with Gasteiger partial charge in [0.25, 0.3) is 0 Å². The largest absolute Gasteiger partial charge is 0.707 e. The molecule has 0 radical (unpaired) electrons. The van der Waals surface area contributed by atoms with Crippen LogP contribution in [-0.4, -0.2) is 17.4 Å². The number of fused-ring (bicyclic) bond motifs is 1. The van der Waals surface area contributed by atoms with Crippen LogP contribution < -0.4 is 4.65 Å². The van der Waals surface area contributed by atoms with Crippen LogP contribution >= 0.6 is 0 Å². The standard InChI is InChI=1S/C13H17BO4/c1-8(2)6-10-4-5-12-11(7-10)13(9(3)17-12)18-14(15)16/h4-5,7-8,15-16H,6H2,1-3H3. The maximum atomic E-state index is 8.91. The lowest BCUT2D eigenvalue weighted by Gasteiger charge is -2.06. The van der Waals surface area contributed by atoms with E-state index in [1.165, 1.54) is 5.56 Å². The molecule has 18 heavy (non-hydrogen) atoms. The fourth-order valence-corrected chi connectivity index (χ4v) is 2.09. The molecule has 4 nitrogen and oxygen atoms in total. The predicted molar refractivity (Wildman–Crippen MR) is 70.3 cm³/mol. The lowest BCUT2D eigenvalue weighted by Crippen LogP contribution is -2.20. The molecular weight excluding hydrogens is 231 g/mol. The molecule has 0 aliphatic carbocycles. The number of hydrogen-bond acceptors (Lipinski definition) is 4. The van der Waals surface area contributed by atoms with Gasteiger partial charge >= 0.3 is 7.32 Å². The SMILES string of the molecule is Cc1oc2ccc(CC(C)C)cc2c1OB(O)O. The van der Waals surface area contributed by atoms with Gasteiger partial charge < -0.3 is 19.1 Å². The molecule has 1 aromatic heterocycles. The molecule has 1 heterocycles. The van der Waals surface area contributed by atoms with Crippen molar-refractivity contribution in [1.29, 1.82) is 0 Å². The van der Waals surface area contributed by atoms with Gasteiger partial charge in [-0.2, -0.15) is 0 Å². The fraction of sp³-hybridized carbons (Fsp3) is 0.385. The number of benzene rings is 1. The maximum absolute atomic E-state index is 8.91. The monoisotopic (exact) mass is 248 g/mol. The first kappa shape index (κ1) is 13.0. The Labute approximate surface area is 106 Å². The highest BCUT2D eigenvalue weighted by molar-refractivity contribution is 6.34. The molecule has 0 saturated heterocycles. The van der Waals surface area contributed by atoms with Crippen molar-refractivity contribution in [3.05, 3.63) is 29.5 Å². The van der Waals surface area contributed by atoms with Gasteiger partial charge in [-0.05, 0) is 37.0 Å². The highest BCUT2D eigenvalue weighted by Gasteiger charge is 2.19. The molecule has 2 rings (SSSR count). The van der Waals surface area contributed by atoms with E-state index in [1.54, 1.807) is 6.92 Å². The van der Waals surface area contributed by atoms with E-state index >= 15 is 0 Å². The first-order valence-corrected chi connectivity index (χ1v) is 6.02. The zero-order valence-corrected chi connectivity index (χ0v) is 10.8. The molecule has 0 fully saturated rings. The van der Waals surface area contributed by atoms with E-state index in [1.807, 2.05) is 18.2 Å². The van der Waals surface area contributed by atoms with Gasteiger partial charge in [0.05, 0.1) is 5.39 Å². The summed E-state index contributed by atoms with van der Waals surface area (Å²) in [4.78, 5) is 0. The quantitative estimate of drug-likeness (QED) is 0.815. The highest BCUT2D eigenvalue weighted by atomic mass is 16.6. The van der Waals surface area contributed by atoms with Gasteiger partial charge in [-0.25, -0.2) is 0 Å². The summed E-state index contributed by atoms with van der Waals surface area (Å²) >= 11 is 0. The smallest absolute Gasteiger partial charge is 0.509 e. The van der Waals surface area contributed by atoms with Crippen molar-refractivity contribution in [2.45, 2.75) is 27.2 Å². The van der Waals surface area contributed by atoms with E-state index < -0.39 is 7.32 Å². The Hall–Kier alpha value is -1.46. The fourth-order valence-electron chi connectivity index (χ4n) is 2.09. The Morgan fingerprint density at radius 2 is 2.06 bits per heavy atom. The Bertz CT molecular complexity index is 545. The summed E-state index contributed by atoms with van der Waals surface area (Å²) in [5.74, 6) is 1.49. The highest BCUT2D eigenvalue weighted by Crippen LogP contribution is 2.33. The van der Waals surface area contributed by atoms with Gasteiger partial charge in [-0.3, -0.25) is 0 Å². The zero-order chi connectivity index (χ0) is 13.3. The first-order valence-electron chi connectivity index (χ1n) is 6.02. The van der Waals surface area contributed by atoms with Crippen molar-refractivity contribution in [1.82, 2.24) is 0 Å². The molecule has 0 aliphatic rings. The molecule has 0 amide bonds. The van der Waals surface area contributed by atoms with E-state index in [9.17, 15) is 0 Å². The van der Waals surface area contributed by atoms with Crippen LogP contribution in [0.25, 0.3) is 11.0 Å². The topological polar surface area (TPSA) is 62.8 Å². The van der Waals surface area contributed by atoms with E-state index in [-0.39, 0.29) is 0 Å². The minimum atomic E-state index is -1.83. The van der Waals surface area contributed by atoms with Gasteiger partial charge in [-0.15, -0.1) is 0 Å². The van der Waals surface area contributed by atoms with Gasteiger partial charge in [0.15, 0.2) is 5.75 Å². The summed E-state index contributed by atoms with van der Waals surface area (Å²) < 4.78 is 10.5. The summed E-state index contributed by atoms with van der Waals surface area (Å²) in [6.45, 7) is 6.04. The predicted octanol–water partition coefficient (Wildman–Crippen LogP) is 2.29. The molecule has 2 N–H and O–H groups in total. The Balaban J connectivity index is 2.45. The normalized spacial score (nSPS) is 11.2. The third kappa shape index (κ3) is 2.68. The van der Waals surface area contributed by atoms with E-state index in [0.717, 1.165) is 11.8 Å². The Morgan fingerprint density at radius 1 is 1.33 bits per heavy atom. The van der Waals surface area contributed by atoms with Gasteiger partial charge in [0, 0.05) is 0 Å². The van der Waals surface area contributed by atoms with Crippen molar-refractivity contribution in [3.63, 3.8) is 0 Å².